The molecule has 0 aromatic carbocycles. The number of amides is 1. The van der Waals surface area contributed by atoms with Gasteiger partial charge >= 0.3 is 0 Å². The normalized spacial score (nSPS) is 18.1. The summed E-state index contributed by atoms with van der Waals surface area (Å²) in [6.45, 7) is 4.18. The Morgan fingerprint density at radius 2 is 2.23 bits per heavy atom. The summed E-state index contributed by atoms with van der Waals surface area (Å²) >= 11 is 0. The molecule has 2 aliphatic rings. The third-order valence-electron chi connectivity index (χ3n) is 4.53. The number of aliphatic imine (C=N–C) groups is 1. The van der Waals surface area contributed by atoms with Crippen molar-refractivity contribution in [1.82, 2.24) is 20.0 Å². The molecule has 146 valence electrons. The first-order chi connectivity index (χ1) is 12.2. The Morgan fingerprint density at radius 3 is 2.85 bits per heavy atom. The highest BCUT2D eigenvalue weighted by Crippen LogP contribution is 2.28. The van der Waals surface area contributed by atoms with Crippen molar-refractivity contribution in [3.63, 3.8) is 0 Å². The van der Waals surface area contributed by atoms with Crippen LogP contribution < -0.4 is 10.2 Å². The van der Waals surface area contributed by atoms with E-state index in [1.807, 2.05) is 18.1 Å². The van der Waals surface area contributed by atoms with Gasteiger partial charge in [0.25, 0.3) is 0 Å². The summed E-state index contributed by atoms with van der Waals surface area (Å²) in [6.07, 6.45) is 7.17. The van der Waals surface area contributed by atoms with Crippen LogP contribution in [-0.4, -0.2) is 73.0 Å². The molecule has 9 heteroatoms. The maximum atomic E-state index is 12.5. The van der Waals surface area contributed by atoms with Crippen molar-refractivity contribution in [2.45, 2.75) is 19.3 Å². The molecule has 0 radical (unpaired) electrons. The van der Waals surface area contributed by atoms with Crippen molar-refractivity contribution in [1.29, 1.82) is 0 Å². The van der Waals surface area contributed by atoms with Crippen molar-refractivity contribution in [2.24, 2.45) is 18.0 Å². The Kier molecular flexibility index (Phi) is 8.14. The number of carbonyl (C=O) groups excluding carboxylic acids is 1. The van der Waals surface area contributed by atoms with Gasteiger partial charge < -0.3 is 19.9 Å². The van der Waals surface area contributed by atoms with Gasteiger partial charge in [-0.05, 0) is 25.2 Å². The smallest absolute Gasteiger partial charge is 0.246 e. The van der Waals surface area contributed by atoms with Crippen LogP contribution in [0.4, 0.5) is 5.69 Å². The molecule has 1 aromatic heterocycles. The van der Waals surface area contributed by atoms with Crippen molar-refractivity contribution in [3.05, 3.63) is 12.4 Å². The molecule has 0 unspecified atom stereocenters. The van der Waals surface area contributed by atoms with E-state index in [0.29, 0.717) is 13.1 Å². The predicted octanol–water partition coefficient (Wildman–Crippen LogP) is 1.08. The molecule has 1 aliphatic heterocycles. The van der Waals surface area contributed by atoms with Crippen molar-refractivity contribution in [2.75, 3.05) is 51.3 Å². The fourth-order valence-corrected chi connectivity index (χ4v) is 2.92. The summed E-state index contributed by atoms with van der Waals surface area (Å²) in [7, 11) is 3.61. The first-order valence-corrected chi connectivity index (χ1v) is 8.99. The van der Waals surface area contributed by atoms with E-state index in [-0.39, 0.29) is 29.9 Å². The first-order valence-electron chi connectivity index (χ1n) is 8.99. The second-order valence-corrected chi connectivity index (χ2v) is 6.68. The summed E-state index contributed by atoms with van der Waals surface area (Å²) in [5.41, 5.74) is 0.850. The number of nitrogens with zero attached hydrogens (tertiary/aromatic N) is 5. The molecule has 1 saturated carbocycles. The number of guanidine groups is 1. The van der Waals surface area contributed by atoms with E-state index in [9.17, 15) is 4.79 Å². The van der Waals surface area contributed by atoms with E-state index < -0.39 is 0 Å². The van der Waals surface area contributed by atoms with Gasteiger partial charge in [-0.1, -0.05) is 0 Å². The number of aryl methyl sites for hydroxylation is 1. The van der Waals surface area contributed by atoms with Crippen LogP contribution in [0, 0.1) is 5.92 Å². The predicted molar refractivity (Wildman–Crippen MR) is 112 cm³/mol. The van der Waals surface area contributed by atoms with Crippen LogP contribution in [0.3, 0.4) is 0 Å². The number of aromatic nitrogens is 2. The number of rotatable bonds is 7. The standard InChI is InChI=1S/C17H28N6O2.HI/c1-18-17(19-6-3-9-25-13-14-4-5-14)22-7-8-23(16(24)12-22)15-10-20-21(2)11-15;/h10-11,14H,3-9,12-13H2,1-2H3,(H,18,19);1H. The topological polar surface area (TPSA) is 75.0 Å². The molecule has 1 saturated heterocycles. The number of carbonyl (C=O) groups is 1. The van der Waals surface area contributed by atoms with Crippen molar-refractivity contribution in [3.8, 4) is 0 Å². The van der Waals surface area contributed by atoms with Crippen molar-refractivity contribution < 1.29 is 9.53 Å². The number of nitrogens with one attached hydrogen (secondary N) is 1. The zero-order valence-electron chi connectivity index (χ0n) is 15.6. The molecule has 8 nitrogen and oxygen atoms in total. The van der Waals surface area contributed by atoms with Crippen molar-refractivity contribution >= 4 is 41.5 Å². The molecule has 1 amide bonds. The number of ether oxygens (including phenoxy) is 1. The number of piperazine rings is 1. The van der Waals surface area contributed by atoms with E-state index in [4.69, 9.17) is 4.74 Å². The first kappa shape index (κ1) is 20.9. The number of hydrogen-bond donors (Lipinski definition) is 1. The third-order valence-corrected chi connectivity index (χ3v) is 4.53. The lowest BCUT2D eigenvalue weighted by atomic mass is 10.3. The van der Waals surface area contributed by atoms with Gasteiger partial charge in [-0.15, -0.1) is 24.0 Å². The monoisotopic (exact) mass is 476 g/mol. The maximum Gasteiger partial charge on any atom is 0.246 e. The molecule has 2 heterocycles. The third kappa shape index (κ3) is 5.83. The summed E-state index contributed by atoms with van der Waals surface area (Å²) in [6, 6.07) is 0. The van der Waals surface area contributed by atoms with Crippen LogP contribution in [0.15, 0.2) is 17.4 Å². The van der Waals surface area contributed by atoms with Gasteiger partial charge in [-0.3, -0.25) is 14.5 Å². The van der Waals surface area contributed by atoms with E-state index in [2.05, 4.69) is 15.4 Å². The minimum absolute atomic E-state index is 0. The summed E-state index contributed by atoms with van der Waals surface area (Å²) < 4.78 is 7.35. The minimum atomic E-state index is 0. The molecule has 0 bridgehead atoms. The summed E-state index contributed by atoms with van der Waals surface area (Å²) in [5, 5.41) is 7.47. The zero-order chi connectivity index (χ0) is 17.6. The average molecular weight is 476 g/mol. The molecule has 0 atom stereocenters. The van der Waals surface area contributed by atoms with Crippen LogP contribution in [0.2, 0.25) is 0 Å². The Morgan fingerprint density at radius 1 is 1.42 bits per heavy atom. The lowest BCUT2D eigenvalue weighted by Crippen LogP contribution is -2.55. The van der Waals surface area contributed by atoms with Crippen LogP contribution in [-0.2, 0) is 16.6 Å². The molecular formula is C17H29IN6O2. The zero-order valence-corrected chi connectivity index (χ0v) is 17.9. The fraction of sp³-hybridized carbons (Fsp3) is 0.706. The van der Waals surface area contributed by atoms with Gasteiger partial charge in [0.1, 0.15) is 6.54 Å². The second-order valence-electron chi connectivity index (χ2n) is 6.68. The minimum Gasteiger partial charge on any atom is -0.381 e. The summed E-state index contributed by atoms with van der Waals surface area (Å²) in [4.78, 5) is 20.6. The Hall–Kier alpha value is -1.36. The Bertz CT molecular complexity index is 616. The molecule has 2 fully saturated rings. The molecule has 0 spiro atoms. The van der Waals surface area contributed by atoms with Gasteiger partial charge in [0.15, 0.2) is 5.96 Å². The molecule has 1 N–H and O–H groups in total. The molecule has 3 rings (SSSR count). The maximum absolute atomic E-state index is 12.5. The molecule has 1 aromatic rings. The highest BCUT2D eigenvalue weighted by atomic mass is 127. The average Bonchev–Trinajstić information content (AvgIpc) is 3.33. The second kappa shape index (κ2) is 10.1. The van der Waals surface area contributed by atoms with E-state index in [1.54, 1.807) is 22.8 Å². The fourth-order valence-electron chi connectivity index (χ4n) is 2.92. The molecular weight excluding hydrogens is 447 g/mol. The molecule has 1 aliphatic carbocycles. The molecule has 26 heavy (non-hydrogen) atoms. The van der Waals surface area contributed by atoms with E-state index in [1.165, 1.54) is 12.8 Å². The number of halogens is 1. The van der Waals surface area contributed by atoms with Gasteiger partial charge in [-0.2, -0.15) is 5.10 Å². The highest BCUT2D eigenvalue weighted by Gasteiger charge is 2.27. The SMILES string of the molecule is CN=C(NCCCOCC1CC1)N1CCN(c2cnn(C)c2)C(=O)C1.I. The van der Waals surface area contributed by atoms with Gasteiger partial charge in [0.05, 0.1) is 11.9 Å². The van der Waals surface area contributed by atoms with E-state index >= 15 is 0 Å². The van der Waals surface area contributed by atoms with Crippen LogP contribution in [0.1, 0.15) is 19.3 Å². The largest absolute Gasteiger partial charge is 0.381 e. The van der Waals surface area contributed by atoms with Gasteiger partial charge in [0.2, 0.25) is 5.91 Å². The van der Waals surface area contributed by atoms with E-state index in [0.717, 1.165) is 50.3 Å². The number of anilines is 1. The van der Waals surface area contributed by atoms with Crippen LogP contribution in [0.25, 0.3) is 0 Å². The Balaban J connectivity index is 0.00000243. The van der Waals surface area contributed by atoms with Gasteiger partial charge in [-0.25, -0.2) is 0 Å². The van der Waals surface area contributed by atoms with Crippen LogP contribution >= 0.6 is 24.0 Å². The Labute approximate surface area is 172 Å². The lowest BCUT2D eigenvalue weighted by molar-refractivity contribution is -0.120. The lowest BCUT2D eigenvalue weighted by Gasteiger charge is -2.35. The van der Waals surface area contributed by atoms with Crippen LogP contribution in [0.5, 0.6) is 0 Å². The number of hydrogen-bond acceptors (Lipinski definition) is 4. The quantitative estimate of drug-likeness (QED) is 0.276. The summed E-state index contributed by atoms with van der Waals surface area (Å²) in [5.74, 6) is 1.65. The van der Waals surface area contributed by atoms with Gasteiger partial charge in [0, 0.05) is 53.1 Å². The highest BCUT2D eigenvalue weighted by molar-refractivity contribution is 14.0.